The maximum Gasteiger partial charge on any atom is 0.272 e. The number of halogens is 1. The predicted molar refractivity (Wildman–Crippen MR) is 109 cm³/mol. The van der Waals surface area contributed by atoms with Gasteiger partial charge in [0.1, 0.15) is 17.3 Å². The van der Waals surface area contributed by atoms with Crippen molar-refractivity contribution in [3.63, 3.8) is 0 Å². The average molecular weight is 409 g/mol. The smallest absolute Gasteiger partial charge is 0.272 e. The van der Waals surface area contributed by atoms with E-state index in [2.05, 4.69) is 0 Å². The van der Waals surface area contributed by atoms with Crippen LogP contribution >= 0.6 is 11.8 Å². The van der Waals surface area contributed by atoms with E-state index in [1.54, 1.807) is 42.7 Å². The van der Waals surface area contributed by atoms with Crippen molar-refractivity contribution < 1.29 is 23.1 Å². The molecule has 0 saturated heterocycles. The Balaban J connectivity index is 1.77. The third-order valence-corrected chi connectivity index (χ3v) is 5.54. The number of furan rings is 1. The summed E-state index contributed by atoms with van der Waals surface area (Å²) in [6.45, 7) is 0. The molecular weight excluding hydrogens is 393 g/mol. The largest absolute Gasteiger partial charge is 0.495 e. The van der Waals surface area contributed by atoms with Crippen molar-refractivity contribution in [2.45, 2.75) is 5.75 Å². The zero-order valence-corrected chi connectivity index (χ0v) is 16.2. The first-order chi connectivity index (χ1) is 14.1. The summed E-state index contributed by atoms with van der Waals surface area (Å²) in [5, 5.41) is 0. The Morgan fingerprint density at radius 1 is 1.00 bits per heavy atom. The number of thioether (sulfide) groups is 1. The molecule has 7 heteroatoms. The van der Waals surface area contributed by atoms with Crippen LogP contribution in [0.1, 0.15) is 11.3 Å². The van der Waals surface area contributed by atoms with Crippen molar-refractivity contribution in [1.82, 2.24) is 0 Å². The molecule has 3 aromatic rings. The number of methoxy groups -OCH3 is 1. The molecule has 1 aliphatic heterocycles. The Bertz CT molecular complexity index is 1090. The summed E-state index contributed by atoms with van der Waals surface area (Å²) in [6, 6.07) is 15.9. The predicted octanol–water partition coefficient (Wildman–Crippen LogP) is 4.65. The van der Waals surface area contributed by atoms with E-state index in [-0.39, 0.29) is 10.5 Å². The maximum absolute atomic E-state index is 13.4. The molecule has 5 nitrogen and oxygen atoms in total. The molecule has 2 amide bonds. The van der Waals surface area contributed by atoms with Crippen molar-refractivity contribution in [2.24, 2.45) is 0 Å². The van der Waals surface area contributed by atoms with Crippen molar-refractivity contribution in [1.29, 1.82) is 0 Å². The van der Waals surface area contributed by atoms with E-state index in [1.807, 2.05) is 0 Å². The zero-order chi connectivity index (χ0) is 20.4. The van der Waals surface area contributed by atoms with Gasteiger partial charge in [0.15, 0.2) is 0 Å². The summed E-state index contributed by atoms with van der Waals surface area (Å²) in [5.74, 6) is 0.119. The van der Waals surface area contributed by atoms with E-state index < -0.39 is 17.6 Å². The fourth-order valence-corrected chi connectivity index (χ4v) is 4.10. The van der Waals surface area contributed by atoms with Crippen LogP contribution in [0.15, 0.2) is 76.2 Å². The van der Waals surface area contributed by atoms with E-state index in [9.17, 15) is 14.0 Å². The molecule has 0 fully saturated rings. The number of nitrogens with zero attached hydrogens (tertiary/aromatic N) is 1. The van der Waals surface area contributed by atoms with Crippen molar-refractivity contribution >= 4 is 34.8 Å². The van der Waals surface area contributed by atoms with Crippen molar-refractivity contribution in [2.75, 3.05) is 12.0 Å². The van der Waals surface area contributed by atoms with Gasteiger partial charge in [-0.15, -0.1) is 11.8 Å². The number of anilines is 1. The second-order valence-electron chi connectivity index (χ2n) is 6.20. The van der Waals surface area contributed by atoms with Gasteiger partial charge in [-0.2, -0.15) is 0 Å². The molecule has 1 aliphatic rings. The van der Waals surface area contributed by atoms with Gasteiger partial charge in [0.05, 0.1) is 35.3 Å². The van der Waals surface area contributed by atoms with Crippen LogP contribution in [0.2, 0.25) is 0 Å². The normalized spacial score (nSPS) is 14.1. The number of ether oxygens (including phenoxy) is 1. The van der Waals surface area contributed by atoms with E-state index >= 15 is 0 Å². The van der Waals surface area contributed by atoms with Gasteiger partial charge >= 0.3 is 0 Å². The number of hydrogen-bond donors (Lipinski definition) is 0. The summed E-state index contributed by atoms with van der Waals surface area (Å²) in [7, 11) is 1.48. The number of carbonyl (C=O) groups excluding carboxylic acids is 2. The lowest BCUT2D eigenvalue weighted by Crippen LogP contribution is -2.31. The molecule has 1 aromatic heterocycles. The molecule has 146 valence electrons. The summed E-state index contributed by atoms with van der Waals surface area (Å²) in [5.41, 5.74) is 1.07. The van der Waals surface area contributed by atoms with Crippen molar-refractivity contribution in [3.8, 4) is 5.75 Å². The Labute approximate surface area is 170 Å². The van der Waals surface area contributed by atoms with Gasteiger partial charge in [0.2, 0.25) is 0 Å². The highest BCUT2D eigenvalue weighted by atomic mass is 32.2. The minimum absolute atomic E-state index is 0.234. The van der Waals surface area contributed by atoms with Gasteiger partial charge in [-0.1, -0.05) is 24.3 Å². The zero-order valence-electron chi connectivity index (χ0n) is 15.4. The molecule has 0 radical (unpaired) electrons. The van der Waals surface area contributed by atoms with E-state index in [0.717, 1.165) is 4.90 Å². The lowest BCUT2D eigenvalue weighted by atomic mass is 10.1. The Morgan fingerprint density at radius 3 is 2.45 bits per heavy atom. The number of rotatable bonds is 6. The highest BCUT2D eigenvalue weighted by Crippen LogP contribution is 2.42. The Kier molecular flexibility index (Phi) is 5.22. The number of amides is 2. The van der Waals surface area contributed by atoms with E-state index in [4.69, 9.17) is 9.15 Å². The standard InChI is InChI=1S/C22H16FNO4S/c1-27-18-7-3-2-6-17(18)24-21(25)19(14-8-10-15(23)11-9-14)20(22(24)26)29-13-16-5-4-12-28-16/h2-12H,13H2,1H3. The number of hydrogen-bond acceptors (Lipinski definition) is 5. The minimum Gasteiger partial charge on any atom is -0.495 e. The lowest BCUT2D eigenvalue weighted by molar-refractivity contribution is -0.119. The first-order valence-corrected chi connectivity index (χ1v) is 9.76. The van der Waals surface area contributed by atoms with E-state index in [0.29, 0.717) is 28.5 Å². The van der Waals surface area contributed by atoms with Crippen LogP contribution in [-0.2, 0) is 15.3 Å². The molecule has 0 unspecified atom stereocenters. The monoisotopic (exact) mass is 409 g/mol. The molecule has 2 aromatic carbocycles. The van der Waals surface area contributed by atoms with Crippen LogP contribution < -0.4 is 9.64 Å². The van der Waals surface area contributed by atoms with Gasteiger partial charge in [0.25, 0.3) is 11.8 Å². The SMILES string of the molecule is COc1ccccc1N1C(=O)C(SCc2ccco2)=C(c2ccc(F)cc2)C1=O. The lowest BCUT2D eigenvalue weighted by Gasteiger charge is -2.18. The van der Waals surface area contributed by atoms with Crippen LogP contribution in [0.25, 0.3) is 5.57 Å². The van der Waals surface area contributed by atoms with Gasteiger partial charge in [-0.25, -0.2) is 9.29 Å². The van der Waals surface area contributed by atoms with E-state index in [1.165, 1.54) is 43.1 Å². The summed E-state index contributed by atoms with van der Waals surface area (Å²) < 4.78 is 24.1. The molecule has 2 heterocycles. The molecule has 29 heavy (non-hydrogen) atoms. The van der Waals surface area contributed by atoms with Crippen molar-refractivity contribution in [3.05, 3.63) is 89.0 Å². The fraction of sp³-hybridized carbons (Fsp3) is 0.0909. The first-order valence-electron chi connectivity index (χ1n) is 8.77. The highest BCUT2D eigenvalue weighted by molar-refractivity contribution is 8.03. The van der Waals surface area contributed by atoms with Crippen LogP contribution in [-0.4, -0.2) is 18.9 Å². The average Bonchev–Trinajstić information content (AvgIpc) is 3.33. The molecule has 0 N–H and O–H groups in total. The summed E-state index contributed by atoms with van der Waals surface area (Å²) in [6.07, 6.45) is 1.55. The Hall–Kier alpha value is -3.32. The molecule has 0 aliphatic carbocycles. The maximum atomic E-state index is 13.4. The topological polar surface area (TPSA) is 59.8 Å². The minimum atomic E-state index is -0.479. The van der Waals surface area contributed by atoms with Crippen LogP contribution in [0, 0.1) is 5.82 Å². The molecule has 0 spiro atoms. The highest BCUT2D eigenvalue weighted by Gasteiger charge is 2.41. The third kappa shape index (κ3) is 3.56. The fourth-order valence-electron chi connectivity index (χ4n) is 3.09. The first kappa shape index (κ1) is 19.0. The molecule has 0 saturated carbocycles. The van der Waals surface area contributed by atoms with Crippen LogP contribution in [0.5, 0.6) is 5.75 Å². The quantitative estimate of drug-likeness (QED) is 0.555. The molecule has 0 bridgehead atoms. The number of benzene rings is 2. The molecule has 4 rings (SSSR count). The molecule has 0 atom stereocenters. The van der Waals surface area contributed by atoms with Crippen LogP contribution in [0.3, 0.4) is 0 Å². The Morgan fingerprint density at radius 2 is 1.76 bits per heavy atom. The molecular formula is C22H16FNO4S. The number of imide groups is 1. The number of carbonyl (C=O) groups is 2. The summed E-state index contributed by atoms with van der Waals surface area (Å²) >= 11 is 1.21. The second-order valence-corrected chi connectivity index (χ2v) is 7.18. The third-order valence-electron chi connectivity index (χ3n) is 4.44. The van der Waals surface area contributed by atoms with Gasteiger partial charge in [0, 0.05) is 0 Å². The van der Waals surface area contributed by atoms with Gasteiger partial charge in [-0.05, 0) is 42.0 Å². The van der Waals surface area contributed by atoms with Gasteiger partial charge in [-0.3, -0.25) is 9.59 Å². The summed E-state index contributed by atoms with van der Waals surface area (Å²) in [4.78, 5) is 27.9. The second kappa shape index (κ2) is 7.97. The number of para-hydroxylation sites is 2. The van der Waals surface area contributed by atoms with Crippen LogP contribution in [0.4, 0.5) is 10.1 Å². The van der Waals surface area contributed by atoms with Gasteiger partial charge < -0.3 is 9.15 Å².